The molecule has 0 radical (unpaired) electrons. The second kappa shape index (κ2) is 10.6. The van der Waals surface area contributed by atoms with Gasteiger partial charge in [0.25, 0.3) is 5.91 Å². The smallest absolute Gasteiger partial charge is 0.254 e. The number of nitrogens with zero attached hydrogens (tertiary/aromatic N) is 5. The zero-order chi connectivity index (χ0) is 24.0. The summed E-state index contributed by atoms with van der Waals surface area (Å²) in [5, 5.41) is 15.6. The van der Waals surface area contributed by atoms with Crippen molar-refractivity contribution in [3.8, 4) is 27.9 Å². The van der Waals surface area contributed by atoms with Gasteiger partial charge in [-0.2, -0.15) is 10.2 Å². The number of hydrogen-bond acceptors (Lipinski definition) is 7. The zero-order valence-electron chi connectivity index (χ0n) is 19.3. The fourth-order valence-electron chi connectivity index (χ4n) is 4.38. The molecule has 0 N–H and O–H groups in total. The van der Waals surface area contributed by atoms with Crippen LogP contribution in [0, 0.1) is 11.3 Å². The molecule has 0 saturated carbocycles. The van der Waals surface area contributed by atoms with Crippen molar-refractivity contribution in [3.05, 3.63) is 83.1 Å². The first-order valence-corrected chi connectivity index (χ1v) is 12.6. The van der Waals surface area contributed by atoms with Crippen LogP contribution in [-0.2, 0) is 6.42 Å². The Bertz CT molecular complexity index is 1330. The summed E-state index contributed by atoms with van der Waals surface area (Å²) in [4.78, 5) is 23.2. The Hall–Kier alpha value is -3.80. The van der Waals surface area contributed by atoms with E-state index in [9.17, 15) is 10.1 Å². The molecule has 0 atom stereocenters. The van der Waals surface area contributed by atoms with Crippen LogP contribution in [0.3, 0.4) is 0 Å². The van der Waals surface area contributed by atoms with Gasteiger partial charge in [0.1, 0.15) is 0 Å². The summed E-state index contributed by atoms with van der Waals surface area (Å²) in [6.07, 6.45) is 1.66. The van der Waals surface area contributed by atoms with Crippen LogP contribution in [0.4, 0.5) is 0 Å². The van der Waals surface area contributed by atoms with E-state index in [4.69, 9.17) is 4.52 Å². The van der Waals surface area contributed by atoms with Crippen molar-refractivity contribution in [1.82, 2.24) is 19.9 Å². The molecule has 7 nitrogen and oxygen atoms in total. The van der Waals surface area contributed by atoms with Crippen LogP contribution < -0.4 is 0 Å². The van der Waals surface area contributed by atoms with Crippen LogP contribution >= 0.6 is 11.3 Å². The Labute approximate surface area is 208 Å². The van der Waals surface area contributed by atoms with Gasteiger partial charge in [-0.05, 0) is 42.1 Å². The summed E-state index contributed by atoms with van der Waals surface area (Å²) in [6.45, 7) is 3.93. The minimum Gasteiger partial charge on any atom is -0.339 e. The standard InChI is InChI=1S/C27H25N5O2S/c28-19-20-7-1-2-8-21(20)22-9-3-4-10-23(22)27(33)32-16-14-31(15-17-32)13-5-12-25-29-26(30-34-25)24-11-6-18-35-24/h1-4,6-11,18H,5,12-17H2. The number of thiophene rings is 1. The lowest BCUT2D eigenvalue weighted by Crippen LogP contribution is -2.49. The molecular formula is C27H25N5O2S. The maximum absolute atomic E-state index is 13.4. The average molecular weight is 484 g/mol. The Morgan fingerprint density at radius 1 is 1.00 bits per heavy atom. The summed E-state index contributed by atoms with van der Waals surface area (Å²) < 4.78 is 5.39. The van der Waals surface area contributed by atoms with Gasteiger partial charge in [-0.25, -0.2) is 0 Å². The minimum absolute atomic E-state index is 0.0139. The maximum atomic E-state index is 13.4. The van der Waals surface area contributed by atoms with Crippen LogP contribution in [-0.4, -0.2) is 58.6 Å². The molecule has 1 saturated heterocycles. The Balaban J connectivity index is 1.16. The van der Waals surface area contributed by atoms with E-state index in [0.717, 1.165) is 48.5 Å². The molecule has 2 aromatic heterocycles. The molecule has 1 amide bonds. The van der Waals surface area contributed by atoms with E-state index in [2.05, 4.69) is 21.1 Å². The summed E-state index contributed by atoms with van der Waals surface area (Å²) in [6, 6.07) is 21.2. The summed E-state index contributed by atoms with van der Waals surface area (Å²) in [5.74, 6) is 1.33. The number of aryl methyl sites for hydroxylation is 1. The van der Waals surface area contributed by atoms with Crippen molar-refractivity contribution in [2.75, 3.05) is 32.7 Å². The van der Waals surface area contributed by atoms with Crippen LogP contribution in [0.15, 0.2) is 70.6 Å². The second-order valence-corrected chi connectivity index (χ2v) is 9.38. The van der Waals surface area contributed by atoms with Gasteiger partial charge < -0.3 is 9.42 Å². The lowest BCUT2D eigenvalue weighted by atomic mass is 9.95. The normalized spacial score (nSPS) is 14.1. The SMILES string of the molecule is N#Cc1ccccc1-c1ccccc1C(=O)N1CCN(CCCc2nc(-c3cccs3)no2)CC1. The van der Waals surface area contributed by atoms with Crippen molar-refractivity contribution in [2.45, 2.75) is 12.8 Å². The van der Waals surface area contributed by atoms with Gasteiger partial charge in [0, 0.05) is 43.7 Å². The maximum Gasteiger partial charge on any atom is 0.254 e. The van der Waals surface area contributed by atoms with E-state index in [-0.39, 0.29) is 5.91 Å². The van der Waals surface area contributed by atoms with E-state index in [1.54, 1.807) is 17.4 Å². The van der Waals surface area contributed by atoms with Crippen molar-refractivity contribution >= 4 is 17.2 Å². The van der Waals surface area contributed by atoms with Gasteiger partial charge >= 0.3 is 0 Å². The van der Waals surface area contributed by atoms with Gasteiger partial charge in [-0.3, -0.25) is 9.69 Å². The molecule has 176 valence electrons. The predicted molar refractivity (Wildman–Crippen MR) is 135 cm³/mol. The number of benzene rings is 2. The Kier molecular flexibility index (Phi) is 6.98. The number of aromatic nitrogens is 2. The lowest BCUT2D eigenvalue weighted by Gasteiger charge is -2.35. The molecular weight excluding hydrogens is 458 g/mol. The number of rotatable bonds is 7. The van der Waals surface area contributed by atoms with Gasteiger partial charge in [0.2, 0.25) is 11.7 Å². The Morgan fingerprint density at radius 3 is 2.54 bits per heavy atom. The highest BCUT2D eigenvalue weighted by atomic mass is 32.1. The van der Waals surface area contributed by atoms with Crippen LogP contribution in [0.5, 0.6) is 0 Å². The van der Waals surface area contributed by atoms with Gasteiger partial charge in [-0.1, -0.05) is 47.6 Å². The fraction of sp³-hybridized carbons (Fsp3) is 0.259. The first-order valence-electron chi connectivity index (χ1n) is 11.7. The van der Waals surface area contributed by atoms with E-state index >= 15 is 0 Å². The topological polar surface area (TPSA) is 86.3 Å². The van der Waals surface area contributed by atoms with Crippen LogP contribution in [0.25, 0.3) is 21.8 Å². The average Bonchev–Trinajstić information content (AvgIpc) is 3.61. The molecule has 2 aromatic carbocycles. The third-order valence-corrected chi connectivity index (χ3v) is 7.10. The highest BCUT2D eigenvalue weighted by Crippen LogP contribution is 2.28. The quantitative estimate of drug-likeness (QED) is 0.378. The van der Waals surface area contributed by atoms with E-state index in [1.165, 1.54) is 0 Å². The molecule has 1 aliphatic heterocycles. The zero-order valence-corrected chi connectivity index (χ0v) is 20.1. The summed E-state index contributed by atoms with van der Waals surface area (Å²) in [5.41, 5.74) is 2.81. The number of carbonyl (C=O) groups is 1. The van der Waals surface area contributed by atoms with Crippen molar-refractivity contribution in [1.29, 1.82) is 5.26 Å². The first kappa shape index (κ1) is 23.0. The summed E-state index contributed by atoms with van der Waals surface area (Å²) >= 11 is 1.60. The minimum atomic E-state index is 0.0139. The van der Waals surface area contributed by atoms with Crippen molar-refractivity contribution < 1.29 is 9.32 Å². The van der Waals surface area contributed by atoms with E-state index < -0.39 is 0 Å². The molecule has 0 unspecified atom stereocenters. The number of piperazine rings is 1. The highest BCUT2D eigenvalue weighted by molar-refractivity contribution is 7.13. The molecule has 0 spiro atoms. The number of amides is 1. The monoisotopic (exact) mass is 483 g/mol. The van der Waals surface area contributed by atoms with Crippen molar-refractivity contribution in [2.24, 2.45) is 0 Å². The molecule has 1 fully saturated rings. The van der Waals surface area contributed by atoms with Crippen molar-refractivity contribution in [3.63, 3.8) is 0 Å². The highest BCUT2D eigenvalue weighted by Gasteiger charge is 2.24. The van der Waals surface area contributed by atoms with E-state index in [0.29, 0.717) is 35.9 Å². The number of hydrogen-bond donors (Lipinski definition) is 0. The predicted octanol–water partition coefficient (Wildman–Crippen LogP) is 4.73. The van der Waals surface area contributed by atoms with E-state index in [1.807, 2.05) is 64.9 Å². The molecule has 35 heavy (non-hydrogen) atoms. The molecule has 1 aliphatic rings. The van der Waals surface area contributed by atoms with Crippen LogP contribution in [0.2, 0.25) is 0 Å². The van der Waals surface area contributed by atoms with Gasteiger partial charge in [0.15, 0.2) is 0 Å². The third kappa shape index (κ3) is 5.16. The van der Waals surface area contributed by atoms with Gasteiger partial charge in [0.05, 0.1) is 16.5 Å². The molecule has 3 heterocycles. The molecule has 8 heteroatoms. The number of nitriles is 1. The largest absolute Gasteiger partial charge is 0.339 e. The fourth-order valence-corrected chi connectivity index (χ4v) is 5.03. The second-order valence-electron chi connectivity index (χ2n) is 8.43. The Morgan fingerprint density at radius 2 is 1.77 bits per heavy atom. The molecule has 4 aromatic rings. The van der Waals surface area contributed by atoms with Gasteiger partial charge in [-0.15, -0.1) is 11.3 Å². The summed E-state index contributed by atoms with van der Waals surface area (Å²) in [7, 11) is 0. The molecule has 0 aliphatic carbocycles. The first-order chi connectivity index (χ1) is 17.2. The van der Waals surface area contributed by atoms with Crippen LogP contribution in [0.1, 0.15) is 28.2 Å². The number of carbonyl (C=O) groups excluding carboxylic acids is 1. The third-order valence-electron chi connectivity index (χ3n) is 6.23. The lowest BCUT2D eigenvalue weighted by molar-refractivity contribution is 0.0636. The molecule has 0 bridgehead atoms. The molecule has 5 rings (SSSR count).